The van der Waals surface area contributed by atoms with E-state index in [9.17, 15) is 4.79 Å². The summed E-state index contributed by atoms with van der Waals surface area (Å²) in [5.74, 6) is 0.740. The highest BCUT2D eigenvalue weighted by Crippen LogP contribution is 2.43. The topological polar surface area (TPSA) is 72.7 Å². The number of allylic oxidation sites excluding steroid dienone is 2. The summed E-state index contributed by atoms with van der Waals surface area (Å²) in [7, 11) is 0. The molecule has 0 radical (unpaired) electrons. The van der Waals surface area contributed by atoms with Crippen LogP contribution in [0.4, 0.5) is 11.5 Å². The fraction of sp³-hybridized carbons (Fsp3) is 0.0769. The van der Waals surface area contributed by atoms with Crippen molar-refractivity contribution in [2.75, 3.05) is 5.32 Å². The van der Waals surface area contributed by atoms with E-state index in [0.717, 1.165) is 40.2 Å². The minimum absolute atomic E-state index is 0.452. The van der Waals surface area contributed by atoms with Gasteiger partial charge >= 0.3 is 0 Å². The lowest BCUT2D eigenvalue weighted by atomic mass is 9.69. The second-order valence-corrected chi connectivity index (χ2v) is 7.59. The van der Waals surface area contributed by atoms with Crippen LogP contribution in [0, 0.1) is 0 Å². The van der Waals surface area contributed by atoms with Crippen molar-refractivity contribution in [3.05, 3.63) is 114 Å². The van der Waals surface area contributed by atoms with Crippen LogP contribution in [0.15, 0.2) is 91.5 Å². The summed E-state index contributed by atoms with van der Waals surface area (Å²) >= 11 is 0. The van der Waals surface area contributed by atoms with Gasteiger partial charge in [-0.1, -0.05) is 42.5 Å². The van der Waals surface area contributed by atoms with E-state index in [1.807, 2.05) is 54.9 Å². The zero-order chi connectivity index (χ0) is 21.8. The number of pyridine rings is 2. The van der Waals surface area contributed by atoms with Gasteiger partial charge < -0.3 is 5.32 Å². The molecule has 5 rings (SSSR count). The van der Waals surface area contributed by atoms with Gasteiger partial charge in [-0.15, -0.1) is 5.10 Å². The standard InChI is InChI=1S/C26H21N5O/c32-16-6-15-31-24-17-26(20-7-4-13-27-18-20,21-8-5-14-28-19-21)12-11-23(24)25(30-31)29-22-9-2-1-3-10-22/h1-16,18-19H,17H2,(H,29,30). The Kier molecular flexibility index (Phi) is 5.17. The van der Waals surface area contributed by atoms with Crippen LogP contribution < -0.4 is 5.32 Å². The molecule has 3 heterocycles. The first-order chi connectivity index (χ1) is 15.8. The lowest BCUT2D eigenvalue weighted by Crippen LogP contribution is -2.31. The van der Waals surface area contributed by atoms with Gasteiger partial charge in [-0.05, 0) is 41.5 Å². The molecule has 1 N–H and O–H groups in total. The van der Waals surface area contributed by atoms with E-state index in [-0.39, 0.29) is 0 Å². The molecule has 156 valence electrons. The maximum absolute atomic E-state index is 11.0. The molecule has 0 saturated heterocycles. The predicted octanol–water partition coefficient (Wildman–Crippen LogP) is 4.64. The van der Waals surface area contributed by atoms with Gasteiger partial charge in [-0.2, -0.15) is 0 Å². The third kappa shape index (κ3) is 3.52. The van der Waals surface area contributed by atoms with Gasteiger partial charge in [0.05, 0.1) is 5.69 Å². The first kappa shape index (κ1) is 19.6. The SMILES string of the molecule is O=CC=Cn1nc(Nc2ccccc2)c2c1CC(c1cccnc1)(c1cccnc1)C=C2. The zero-order valence-corrected chi connectivity index (χ0v) is 17.3. The number of para-hydroxylation sites is 1. The number of benzene rings is 1. The summed E-state index contributed by atoms with van der Waals surface area (Å²) in [4.78, 5) is 19.8. The van der Waals surface area contributed by atoms with E-state index in [1.54, 1.807) is 23.3 Å². The van der Waals surface area contributed by atoms with Crippen molar-refractivity contribution >= 4 is 30.1 Å². The van der Waals surface area contributed by atoms with Crippen LogP contribution in [-0.2, 0) is 16.6 Å². The normalized spacial score (nSPS) is 14.2. The van der Waals surface area contributed by atoms with Crippen molar-refractivity contribution in [2.24, 2.45) is 0 Å². The van der Waals surface area contributed by atoms with E-state index in [2.05, 4.69) is 39.6 Å². The molecule has 0 atom stereocenters. The van der Waals surface area contributed by atoms with Crippen LogP contribution in [0.5, 0.6) is 0 Å². The number of fused-ring (bicyclic) bond motifs is 1. The van der Waals surface area contributed by atoms with Crippen molar-refractivity contribution in [1.29, 1.82) is 0 Å². The van der Waals surface area contributed by atoms with Gasteiger partial charge in [0.15, 0.2) is 5.82 Å². The Morgan fingerprint density at radius 2 is 1.66 bits per heavy atom. The highest BCUT2D eigenvalue weighted by Gasteiger charge is 2.38. The van der Waals surface area contributed by atoms with E-state index >= 15 is 0 Å². The van der Waals surface area contributed by atoms with Gasteiger partial charge in [-0.25, -0.2) is 4.68 Å². The quantitative estimate of drug-likeness (QED) is 0.364. The Bertz CT molecular complexity index is 1240. The van der Waals surface area contributed by atoms with Gasteiger partial charge in [-0.3, -0.25) is 14.8 Å². The number of nitrogens with zero attached hydrogens (tertiary/aromatic N) is 4. The lowest BCUT2D eigenvalue weighted by molar-refractivity contribution is -0.104. The molecule has 0 bridgehead atoms. The van der Waals surface area contributed by atoms with Crippen molar-refractivity contribution in [3.63, 3.8) is 0 Å². The smallest absolute Gasteiger partial charge is 0.160 e. The molecule has 3 aromatic heterocycles. The summed E-state index contributed by atoms with van der Waals surface area (Å²) in [5.41, 5.74) is 4.62. The first-order valence-corrected chi connectivity index (χ1v) is 10.4. The Labute approximate surface area is 186 Å². The minimum atomic E-state index is -0.452. The highest BCUT2D eigenvalue weighted by atomic mass is 16.1. The molecule has 1 aromatic carbocycles. The minimum Gasteiger partial charge on any atom is -0.338 e. The average molecular weight is 419 g/mol. The second kappa shape index (κ2) is 8.43. The Morgan fingerprint density at radius 1 is 0.938 bits per heavy atom. The fourth-order valence-electron chi connectivity index (χ4n) is 4.19. The van der Waals surface area contributed by atoms with E-state index < -0.39 is 5.41 Å². The largest absolute Gasteiger partial charge is 0.338 e. The maximum Gasteiger partial charge on any atom is 0.160 e. The summed E-state index contributed by atoms with van der Waals surface area (Å²) in [6.07, 6.45) is 16.2. The van der Waals surface area contributed by atoms with E-state index in [0.29, 0.717) is 6.42 Å². The van der Waals surface area contributed by atoms with Gasteiger partial charge in [0, 0.05) is 54.1 Å². The molecular formula is C26H21N5O. The number of hydrogen-bond donors (Lipinski definition) is 1. The molecule has 0 saturated carbocycles. The predicted molar refractivity (Wildman–Crippen MR) is 125 cm³/mol. The summed E-state index contributed by atoms with van der Waals surface area (Å²) < 4.78 is 1.78. The molecule has 0 amide bonds. The first-order valence-electron chi connectivity index (χ1n) is 10.4. The van der Waals surface area contributed by atoms with Crippen LogP contribution >= 0.6 is 0 Å². The molecule has 6 heteroatoms. The second-order valence-electron chi connectivity index (χ2n) is 7.59. The van der Waals surface area contributed by atoms with E-state index in [1.165, 1.54) is 6.08 Å². The molecule has 1 aliphatic carbocycles. The summed E-state index contributed by atoms with van der Waals surface area (Å²) in [5, 5.41) is 8.16. The van der Waals surface area contributed by atoms with Crippen molar-refractivity contribution in [3.8, 4) is 0 Å². The van der Waals surface area contributed by atoms with E-state index in [4.69, 9.17) is 5.10 Å². The zero-order valence-electron chi connectivity index (χ0n) is 17.3. The number of aromatic nitrogens is 4. The van der Waals surface area contributed by atoms with Crippen LogP contribution in [0.3, 0.4) is 0 Å². The molecule has 6 nitrogen and oxygen atoms in total. The number of aldehydes is 1. The Morgan fingerprint density at radius 3 is 2.28 bits per heavy atom. The van der Waals surface area contributed by atoms with Gasteiger partial charge in [0.1, 0.15) is 6.29 Å². The molecule has 0 fully saturated rings. The monoisotopic (exact) mass is 419 g/mol. The van der Waals surface area contributed by atoms with Crippen LogP contribution in [-0.4, -0.2) is 26.0 Å². The Balaban J connectivity index is 1.66. The van der Waals surface area contributed by atoms with Crippen LogP contribution in [0.2, 0.25) is 0 Å². The lowest BCUT2D eigenvalue weighted by Gasteiger charge is -2.34. The average Bonchev–Trinajstić information content (AvgIpc) is 3.20. The molecule has 0 unspecified atom stereocenters. The number of carbonyl (C=O) groups is 1. The number of nitrogens with one attached hydrogen (secondary N) is 1. The third-order valence-corrected chi connectivity index (χ3v) is 5.73. The third-order valence-electron chi connectivity index (χ3n) is 5.73. The molecule has 4 aromatic rings. The number of hydrogen-bond acceptors (Lipinski definition) is 5. The number of anilines is 2. The molecule has 1 aliphatic rings. The van der Waals surface area contributed by atoms with Crippen LogP contribution in [0.1, 0.15) is 22.4 Å². The fourth-order valence-corrected chi connectivity index (χ4v) is 4.19. The van der Waals surface area contributed by atoms with Crippen molar-refractivity contribution in [1.82, 2.24) is 19.7 Å². The highest BCUT2D eigenvalue weighted by molar-refractivity contribution is 5.76. The van der Waals surface area contributed by atoms with Crippen molar-refractivity contribution < 1.29 is 4.79 Å². The van der Waals surface area contributed by atoms with Crippen LogP contribution in [0.25, 0.3) is 12.3 Å². The van der Waals surface area contributed by atoms with Gasteiger partial charge in [0.25, 0.3) is 0 Å². The van der Waals surface area contributed by atoms with Gasteiger partial charge in [0.2, 0.25) is 0 Å². The number of carbonyl (C=O) groups excluding carboxylic acids is 1. The molecule has 0 aliphatic heterocycles. The number of rotatable bonds is 6. The Hall–Kier alpha value is -4.32. The molecule has 0 spiro atoms. The molecular weight excluding hydrogens is 398 g/mol. The molecule has 32 heavy (non-hydrogen) atoms. The van der Waals surface area contributed by atoms with Crippen molar-refractivity contribution in [2.45, 2.75) is 11.8 Å². The maximum atomic E-state index is 11.0. The summed E-state index contributed by atoms with van der Waals surface area (Å²) in [6.45, 7) is 0. The summed E-state index contributed by atoms with van der Waals surface area (Å²) in [6, 6.07) is 18.0.